The summed E-state index contributed by atoms with van der Waals surface area (Å²) in [5.41, 5.74) is 6.99. The Balaban J connectivity index is 1.68. The van der Waals surface area contributed by atoms with E-state index in [1.54, 1.807) is 24.3 Å². The second kappa shape index (κ2) is 7.78. The zero-order valence-electron chi connectivity index (χ0n) is 15.4. The van der Waals surface area contributed by atoms with E-state index in [9.17, 15) is 9.90 Å². The Hall–Kier alpha value is -3.54. The molecule has 0 unspecified atom stereocenters. The molecule has 0 atom stereocenters. The number of phenols is 1. The van der Waals surface area contributed by atoms with Crippen molar-refractivity contribution >= 4 is 12.1 Å². The predicted octanol–water partition coefficient (Wildman–Crippen LogP) is 3.57. The number of ether oxygens (including phenoxy) is 1. The Kier molecular flexibility index (Phi) is 5.26. The van der Waals surface area contributed by atoms with E-state index in [4.69, 9.17) is 4.74 Å². The number of hydrogen-bond acceptors (Lipinski definition) is 4. The molecule has 0 aliphatic carbocycles. The number of carbonyl (C=O) groups excluding carboxylic acids is 1. The van der Waals surface area contributed by atoms with Crippen molar-refractivity contribution in [3.05, 3.63) is 77.1 Å². The van der Waals surface area contributed by atoms with Crippen LogP contribution in [0.1, 0.15) is 27.3 Å². The number of benzene rings is 2. The number of aromatic nitrogens is 1. The first-order chi connectivity index (χ1) is 13.0. The highest BCUT2D eigenvalue weighted by molar-refractivity contribution is 5.95. The van der Waals surface area contributed by atoms with Crippen molar-refractivity contribution < 1.29 is 14.6 Å². The molecule has 2 aromatic carbocycles. The van der Waals surface area contributed by atoms with Crippen LogP contribution in [0.3, 0.4) is 0 Å². The van der Waals surface area contributed by atoms with Crippen LogP contribution in [0.5, 0.6) is 11.5 Å². The van der Waals surface area contributed by atoms with Crippen molar-refractivity contribution in [2.75, 3.05) is 7.11 Å². The van der Waals surface area contributed by atoms with Crippen LogP contribution in [0.25, 0.3) is 5.69 Å². The molecule has 2 N–H and O–H groups in total. The van der Waals surface area contributed by atoms with Gasteiger partial charge in [-0.1, -0.05) is 0 Å². The molecule has 27 heavy (non-hydrogen) atoms. The third-order valence-corrected chi connectivity index (χ3v) is 4.24. The van der Waals surface area contributed by atoms with E-state index in [0.717, 1.165) is 17.1 Å². The fourth-order valence-corrected chi connectivity index (χ4v) is 2.84. The van der Waals surface area contributed by atoms with Gasteiger partial charge in [0, 0.05) is 22.6 Å². The lowest BCUT2D eigenvalue weighted by atomic mass is 10.2. The number of rotatable bonds is 5. The van der Waals surface area contributed by atoms with E-state index in [1.165, 1.54) is 19.4 Å². The summed E-state index contributed by atoms with van der Waals surface area (Å²) in [5, 5.41) is 13.5. The van der Waals surface area contributed by atoms with Gasteiger partial charge in [-0.2, -0.15) is 5.10 Å². The van der Waals surface area contributed by atoms with E-state index in [2.05, 4.69) is 27.2 Å². The molecular weight excluding hydrogens is 342 g/mol. The first kappa shape index (κ1) is 18.3. The number of phenolic OH excluding ortho intramolecular Hbond substituents is 1. The van der Waals surface area contributed by atoms with Gasteiger partial charge in [0.15, 0.2) is 11.5 Å². The molecule has 1 heterocycles. The average molecular weight is 363 g/mol. The van der Waals surface area contributed by atoms with Gasteiger partial charge in [-0.3, -0.25) is 4.79 Å². The first-order valence-corrected chi connectivity index (χ1v) is 8.45. The number of aryl methyl sites for hydroxylation is 2. The molecule has 0 aliphatic heterocycles. The van der Waals surface area contributed by atoms with E-state index in [0.29, 0.717) is 16.9 Å². The highest BCUT2D eigenvalue weighted by Crippen LogP contribution is 2.25. The zero-order valence-corrected chi connectivity index (χ0v) is 15.4. The molecule has 0 radical (unpaired) electrons. The lowest BCUT2D eigenvalue weighted by Gasteiger charge is -2.10. The Labute approximate surface area is 157 Å². The van der Waals surface area contributed by atoms with E-state index in [1.807, 2.05) is 26.0 Å². The Morgan fingerprint density at radius 2 is 1.74 bits per heavy atom. The smallest absolute Gasteiger partial charge is 0.271 e. The molecule has 0 spiro atoms. The lowest BCUT2D eigenvalue weighted by molar-refractivity contribution is 0.0955. The van der Waals surface area contributed by atoms with E-state index in [-0.39, 0.29) is 11.7 Å². The van der Waals surface area contributed by atoms with Crippen LogP contribution in [0.2, 0.25) is 0 Å². The predicted molar refractivity (Wildman–Crippen MR) is 105 cm³/mol. The summed E-state index contributed by atoms with van der Waals surface area (Å²) in [6.07, 6.45) is 1.49. The SMILES string of the molecule is COc1cc(C=NNC(=O)c2ccc(-n3c(C)ccc3C)cc2)ccc1O. The summed E-state index contributed by atoms with van der Waals surface area (Å²) >= 11 is 0. The van der Waals surface area contributed by atoms with E-state index >= 15 is 0 Å². The molecule has 138 valence electrons. The fourth-order valence-electron chi connectivity index (χ4n) is 2.84. The van der Waals surface area contributed by atoms with E-state index < -0.39 is 0 Å². The molecule has 0 bridgehead atoms. The minimum atomic E-state index is -0.301. The quantitative estimate of drug-likeness (QED) is 0.537. The van der Waals surface area contributed by atoms with Crippen molar-refractivity contribution in [1.82, 2.24) is 9.99 Å². The third kappa shape index (κ3) is 4.00. The van der Waals surface area contributed by atoms with Crippen LogP contribution in [0, 0.1) is 13.8 Å². The van der Waals surface area contributed by atoms with Gasteiger partial charge in [-0.05, 0) is 74.0 Å². The number of aromatic hydroxyl groups is 1. The van der Waals surface area contributed by atoms with Crippen LogP contribution < -0.4 is 10.2 Å². The normalized spacial score (nSPS) is 10.9. The molecule has 3 aromatic rings. The van der Waals surface area contributed by atoms with Crippen molar-refractivity contribution in [2.45, 2.75) is 13.8 Å². The summed E-state index contributed by atoms with van der Waals surface area (Å²) < 4.78 is 7.16. The van der Waals surface area contributed by atoms with Crippen LogP contribution in [0.4, 0.5) is 0 Å². The Bertz CT molecular complexity index is 969. The maximum absolute atomic E-state index is 12.2. The maximum Gasteiger partial charge on any atom is 0.271 e. The molecule has 1 amide bonds. The van der Waals surface area contributed by atoms with Gasteiger partial charge in [0.1, 0.15) is 0 Å². The Morgan fingerprint density at radius 1 is 1.07 bits per heavy atom. The van der Waals surface area contributed by atoms with Gasteiger partial charge >= 0.3 is 0 Å². The van der Waals surface area contributed by atoms with Crippen molar-refractivity contribution in [3.8, 4) is 17.2 Å². The van der Waals surface area contributed by atoms with Crippen LogP contribution >= 0.6 is 0 Å². The second-order valence-corrected chi connectivity index (χ2v) is 6.13. The Morgan fingerprint density at radius 3 is 2.37 bits per heavy atom. The minimum absolute atomic E-state index is 0.0481. The third-order valence-electron chi connectivity index (χ3n) is 4.24. The fraction of sp³-hybridized carbons (Fsp3) is 0.143. The molecule has 1 aromatic heterocycles. The molecule has 6 nitrogen and oxygen atoms in total. The van der Waals surface area contributed by atoms with Gasteiger partial charge in [-0.15, -0.1) is 0 Å². The number of nitrogens with zero attached hydrogens (tertiary/aromatic N) is 2. The summed E-state index contributed by atoms with van der Waals surface area (Å²) in [7, 11) is 1.47. The topological polar surface area (TPSA) is 75.8 Å². The minimum Gasteiger partial charge on any atom is -0.504 e. The molecular formula is C21H21N3O3. The molecule has 0 fully saturated rings. The van der Waals surface area contributed by atoms with Crippen LogP contribution in [0.15, 0.2) is 59.7 Å². The largest absolute Gasteiger partial charge is 0.504 e. The van der Waals surface area contributed by atoms with Crippen LogP contribution in [-0.4, -0.2) is 28.9 Å². The molecule has 0 saturated carbocycles. The number of nitrogens with one attached hydrogen (secondary N) is 1. The number of amides is 1. The molecule has 3 rings (SSSR count). The lowest BCUT2D eigenvalue weighted by Crippen LogP contribution is -2.17. The molecule has 0 aliphatic rings. The summed E-state index contributed by atoms with van der Waals surface area (Å²) in [6, 6.07) is 16.3. The number of hydrazone groups is 1. The average Bonchev–Trinajstić information content (AvgIpc) is 3.01. The van der Waals surface area contributed by atoms with Crippen LogP contribution in [-0.2, 0) is 0 Å². The summed E-state index contributed by atoms with van der Waals surface area (Å²) in [6.45, 7) is 4.08. The van der Waals surface area contributed by atoms with Gasteiger partial charge in [0.2, 0.25) is 0 Å². The number of hydrogen-bond donors (Lipinski definition) is 2. The van der Waals surface area contributed by atoms with Gasteiger partial charge in [-0.25, -0.2) is 5.43 Å². The van der Waals surface area contributed by atoms with Crippen molar-refractivity contribution in [1.29, 1.82) is 0 Å². The zero-order chi connectivity index (χ0) is 19.4. The highest BCUT2D eigenvalue weighted by atomic mass is 16.5. The summed E-state index contributed by atoms with van der Waals surface area (Å²) in [5.74, 6) is 0.0906. The monoisotopic (exact) mass is 363 g/mol. The summed E-state index contributed by atoms with van der Waals surface area (Å²) in [4.78, 5) is 12.2. The molecule has 0 saturated heterocycles. The van der Waals surface area contributed by atoms with Gasteiger partial charge < -0.3 is 14.4 Å². The van der Waals surface area contributed by atoms with Gasteiger partial charge in [0.25, 0.3) is 5.91 Å². The highest BCUT2D eigenvalue weighted by Gasteiger charge is 2.07. The molecule has 6 heteroatoms. The van der Waals surface area contributed by atoms with Crippen molar-refractivity contribution in [3.63, 3.8) is 0 Å². The second-order valence-electron chi connectivity index (χ2n) is 6.13. The van der Waals surface area contributed by atoms with Gasteiger partial charge in [0.05, 0.1) is 13.3 Å². The standard InChI is InChI=1S/C21H21N3O3/c1-14-4-5-15(2)24(14)18-9-7-17(8-10-18)21(26)23-22-13-16-6-11-19(25)20(12-16)27-3/h4-13,25H,1-3H3,(H,23,26). The number of carbonyl (C=O) groups is 1. The number of methoxy groups -OCH3 is 1. The van der Waals surface area contributed by atoms with Crippen molar-refractivity contribution in [2.24, 2.45) is 5.10 Å². The maximum atomic E-state index is 12.2. The first-order valence-electron chi connectivity index (χ1n) is 8.45.